The van der Waals surface area contributed by atoms with Gasteiger partial charge < -0.3 is 14.8 Å². The lowest BCUT2D eigenvalue weighted by molar-refractivity contribution is -0.144. The van der Waals surface area contributed by atoms with Crippen molar-refractivity contribution in [3.63, 3.8) is 0 Å². The van der Waals surface area contributed by atoms with E-state index in [1.807, 2.05) is 47.4 Å². The molecule has 0 bridgehead atoms. The van der Waals surface area contributed by atoms with Crippen molar-refractivity contribution < 1.29 is 19.1 Å². The zero-order valence-electron chi connectivity index (χ0n) is 15.9. The molecule has 1 aromatic heterocycles. The van der Waals surface area contributed by atoms with Crippen LogP contribution in [0.4, 0.5) is 0 Å². The fraction of sp³-hybridized carbons (Fsp3) is 0.364. The number of likely N-dealkylation sites (tertiary alicyclic amines) is 1. The van der Waals surface area contributed by atoms with E-state index in [0.717, 1.165) is 29.2 Å². The number of carbonyl (C=O) groups is 2. The van der Waals surface area contributed by atoms with Crippen LogP contribution >= 0.6 is 0 Å². The van der Waals surface area contributed by atoms with E-state index in [4.69, 9.17) is 4.42 Å². The Kier molecular flexibility index (Phi) is 5.05. The molecule has 0 saturated carbocycles. The molecule has 1 saturated heterocycles. The third kappa shape index (κ3) is 3.47. The zero-order chi connectivity index (χ0) is 19.7. The maximum atomic E-state index is 12.2. The maximum Gasteiger partial charge on any atom is 0.325 e. The molecule has 146 valence electrons. The van der Waals surface area contributed by atoms with Crippen LogP contribution < -0.4 is 5.32 Å². The number of hydrogen-bond acceptors (Lipinski definition) is 4. The number of para-hydroxylation sites is 2. The fourth-order valence-electron chi connectivity index (χ4n) is 4.17. The highest BCUT2D eigenvalue weighted by atomic mass is 16.4. The van der Waals surface area contributed by atoms with Crippen LogP contribution in [0.2, 0.25) is 0 Å². The summed E-state index contributed by atoms with van der Waals surface area (Å²) in [6.07, 6.45) is 1.72. The highest BCUT2D eigenvalue weighted by molar-refractivity contribution is 6.06. The van der Waals surface area contributed by atoms with Gasteiger partial charge in [-0.15, -0.1) is 0 Å². The summed E-state index contributed by atoms with van der Waals surface area (Å²) in [5.41, 5.74) is 2.11. The van der Waals surface area contributed by atoms with Gasteiger partial charge in [-0.25, -0.2) is 0 Å². The molecule has 6 heteroatoms. The predicted molar refractivity (Wildman–Crippen MR) is 107 cm³/mol. The molecule has 1 amide bonds. The number of hydrogen-bond donors (Lipinski definition) is 2. The smallest absolute Gasteiger partial charge is 0.325 e. The van der Waals surface area contributed by atoms with Crippen molar-refractivity contribution in [2.24, 2.45) is 5.92 Å². The van der Waals surface area contributed by atoms with Gasteiger partial charge in [0.1, 0.15) is 17.2 Å². The number of carboxylic acid groups (broad SMARTS) is 1. The molecule has 0 radical (unpaired) electrons. The van der Waals surface area contributed by atoms with Crippen molar-refractivity contribution in [2.45, 2.75) is 25.8 Å². The van der Waals surface area contributed by atoms with Gasteiger partial charge in [0, 0.05) is 29.8 Å². The van der Waals surface area contributed by atoms with E-state index in [1.54, 1.807) is 0 Å². The van der Waals surface area contributed by atoms with E-state index in [-0.39, 0.29) is 5.91 Å². The second-order valence-corrected chi connectivity index (χ2v) is 7.48. The molecular formula is C22H24N2O4. The van der Waals surface area contributed by atoms with Crippen LogP contribution in [-0.2, 0) is 9.59 Å². The summed E-state index contributed by atoms with van der Waals surface area (Å²) in [6, 6.07) is 12.8. The summed E-state index contributed by atoms with van der Waals surface area (Å²) in [6.45, 7) is 3.53. The van der Waals surface area contributed by atoms with Gasteiger partial charge in [-0.3, -0.25) is 14.5 Å². The molecule has 0 aliphatic carbocycles. The van der Waals surface area contributed by atoms with Gasteiger partial charge in [0.05, 0.1) is 0 Å². The lowest BCUT2D eigenvalue weighted by atomic mass is 9.93. The van der Waals surface area contributed by atoms with Crippen LogP contribution in [0.3, 0.4) is 0 Å². The van der Waals surface area contributed by atoms with Gasteiger partial charge in [0.15, 0.2) is 0 Å². The number of fused-ring (bicyclic) bond motifs is 3. The molecular weight excluding hydrogens is 356 g/mol. The predicted octanol–water partition coefficient (Wildman–Crippen LogP) is 3.56. The number of carboxylic acids is 1. The maximum absolute atomic E-state index is 12.2. The molecule has 1 aliphatic rings. The Morgan fingerprint density at radius 2 is 1.86 bits per heavy atom. The minimum Gasteiger partial charge on any atom is -0.480 e. The quantitative estimate of drug-likeness (QED) is 0.707. The minimum atomic E-state index is -0.867. The van der Waals surface area contributed by atoms with Crippen LogP contribution in [0.1, 0.15) is 31.4 Å². The lowest BCUT2D eigenvalue weighted by Crippen LogP contribution is -2.42. The first kappa shape index (κ1) is 18.5. The first-order chi connectivity index (χ1) is 13.5. The number of aliphatic carboxylic acids is 1. The fourth-order valence-corrected chi connectivity index (χ4v) is 4.17. The molecule has 1 fully saturated rings. The first-order valence-electron chi connectivity index (χ1n) is 9.66. The minimum absolute atomic E-state index is 0.0256. The zero-order valence-corrected chi connectivity index (χ0v) is 15.9. The summed E-state index contributed by atoms with van der Waals surface area (Å²) in [7, 11) is 0. The standard InChI is InChI=1S/C22H24N2O4/c1-14(25)23-13-15-9-11-24(12-10-15)20(22(26)27)18-7-4-6-17-16-5-2-3-8-19(16)28-21(17)18/h2-8,15,20H,9-13H2,1H3,(H,23,25)(H,26,27). The van der Waals surface area contributed by atoms with Crippen molar-refractivity contribution in [1.29, 1.82) is 0 Å². The number of piperidine rings is 1. The van der Waals surface area contributed by atoms with Crippen molar-refractivity contribution in [2.75, 3.05) is 19.6 Å². The largest absolute Gasteiger partial charge is 0.480 e. The first-order valence-corrected chi connectivity index (χ1v) is 9.66. The van der Waals surface area contributed by atoms with Crippen molar-refractivity contribution >= 4 is 33.8 Å². The van der Waals surface area contributed by atoms with Crippen molar-refractivity contribution in [1.82, 2.24) is 10.2 Å². The van der Waals surface area contributed by atoms with Gasteiger partial charge in [-0.05, 0) is 37.9 Å². The molecule has 0 spiro atoms. The Morgan fingerprint density at radius 3 is 2.57 bits per heavy atom. The third-order valence-electron chi connectivity index (χ3n) is 5.62. The van der Waals surface area contributed by atoms with E-state index < -0.39 is 12.0 Å². The summed E-state index contributed by atoms with van der Waals surface area (Å²) in [5, 5.41) is 14.8. The number of carbonyl (C=O) groups excluding carboxylic acids is 1. The van der Waals surface area contributed by atoms with Gasteiger partial charge in [0.25, 0.3) is 0 Å². The van der Waals surface area contributed by atoms with Gasteiger partial charge in [0.2, 0.25) is 5.91 Å². The molecule has 1 aliphatic heterocycles. The summed E-state index contributed by atoms with van der Waals surface area (Å²) in [4.78, 5) is 25.3. The second kappa shape index (κ2) is 7.64. The van der Waals surface area contributed by atoms with Crippen LogP contribution in [0.15, 0.2) is 46.9 Å². The van der Waals surface area contributed by atoms with E-state index in [0.29, 0.717) is 36.7 Å². The molecule has 2 aromatic carbocycles. The molecule has 4 rings (SSSR count). The van der Waals surface area contributed by atoms with Crippen molar-refractivity contribution in [3.8, 4) is 0 Å². The topological polar surface area (TPSA) is 82.8 Å². The second-order valence-electron chi connectivity index (χ2n) is 7.48. The summed E-state index contributed by atoms with van der Waals surface area (Å²) < 4.78 is 6.05. The Hall–Kier alpha value is -2.86. The van der Waals surface area contributed by atoms with Crippen LogP contribution in [0, 0.1) is 5.92 Å². The van der Waals surface area contributed by atoms with Gasteiger partial charge in [-0.1, -0.05) is 36.4 Å². The Balaban J connectivity index is 1.63. The Labute approximate surface area is 163 Å². The average Bonchev–Trinajstić information content (AvgIpc) is 3.07. The van der Waals surface area contributed by atoms with E-state index in [1.165, 1.54) is 6.92 Å². The summed E-state index contributed by atoms with van der Waals surface area (Å²) in [5.74, 6) is -0.507. The molecule has 3 aromatic rings. The summed E-state index contributed by atoms with van der Waals surface area (Å²) >= 11 is 0. The average molecular weight is 380 g/mol. The third-order valence-corrected chi connectivity index (χ3v) is 5.62. The molecule has 1 atom stereocenters. The number of nitrogens with one attached hydrogen (secondary N) is 1. The Morgan fingerprint density at radius 1 is 1.14 bits per heavy atom. The lowest BCUT2D eigenvalue weighted by Gasteiger charge is -2.35. The SMILES string of the molecule is CC(=O)NCC1CCN(C(C(=O)O)c2cccc3c2oc2ccccc23)CC1. The highest BCUT2D eigenvalue weighted by Crippen LogP contribution is 2.36. The number of nitrogens with zero attached hydrogens (tertiary/aromatic N) is 1. The highest BCUT2D eigenvalue weighted by Gasteiger charge is 2.33. The van der Waals surface area contributed by atoms with E-state index in [9.17, 15) is 14.7 Å². The Bertz CT molecular complexity index is 1020. The van der Waals surface area contributed by atoms with Gasteiger partial charge >= 0.3 is 5.97 Å². The molecule has 1 unspecified atom stereocenters. The molecule has 2 N–H and O–H groups in total. The van der Waals surface area contributed by atoms with E-state index >= 15 is 0 Å². The molecule has 2 heterocycles. The monoisotopic (exact) mass is 380 g/mol. The van der Waals surface area contributed by atoms with Gasteiger partial charge in [-0.2, -0.15) is 0 Å². The number of amides is 1. The van der Waals surface area contributed by atoms with Crippen molar-refractivity contribution in [3.05, 3.63) is 48.0 Å². The number of rotatable bonds is 5. The number of furan rings is 1. The van der Waals surface area contributed by atoms with Crippen LogP contribution in [0.25, 0.3) is 21.9 Å². The van der Waals surface area contributed by atoms with Crippen LogP contribution in [-0.4, -0.2) is 41.5 Å². The normalized spacial score (nSPS) is 17.0. The molecule has 28 heavy (non-hydrogen) atoms. The number of benzene rings is 2. The van der Waals surface area contributed by atoms with Crippen LogP contribution in [0.5, 0.6) is 0 Å². The van der Waals surface area contributed by atoms with E-state index in [2.05, 4.69) is 5.32 Å². The molecule has 6 nitrogen and oxygen atoms in total.